The van der Waals surface area contributed by atoms with Gasteiger partial charge in [-0.15, -0.1) is 0 Å². The Hall–Kier alpha value is -3.15. The average Bonchev–Trinajstić information content (AvgIpc) is 3.04. The Morgan fingerprint density at radius 2 is 1.73 bits per heavy atom. The highest BCUT2D eigenvalue weighted by Crippen LogP contribution is 2.44. The van der Waals surface area contributed by atoms with Crippen LogP contribution in [-0.2, 0) is 9.59 Å². The summed E-state index contributed by atoms with van der Waals surface area (Å²) in [6, 6.07) is 16.8. The molecule has 0 unspecified atom stereocenters. The molecule has 2 aromatic carbocycles. The molecule has 1 atom stereocenters. The number of nitrogens with zero attached hydrogens (tertiary/aromatic N) is 3. The molecule has 0 aliphatic carbocycles. The zero-order chi connectivity index (χ0) is 21.5. The predicted octanol–water partition coefficient (Wildman–Crippen LogP) is 3.82. The number of hydrogen-bond acceptors (Lipinski definition) is 3. The highest BCUT2D eigenvalue weighted by Gasteiger charge is 2.52. The number of hydrogen-bond donors (Lipinski definition) is 0. The maximum absolute atomic E-state index is 13.3. The fourth-order valence-electron chi connectivity index (χ4n) is 4.69. The van der Waals surface area contributed by atoms with Crippen LogP contribution in [0.2, 0.25) is 0 Å². The monoisotopic (exact) mass is 405 g/mol. The number of amides is 3. The average molecular weight is 405 g/mol. The summed E-state index contributed by atoms with van der Waals surface area (Å²) < 4.78 is 0. The van der Waals surface area contributed by atoms with Crippen LogP contribution in [0.25, 0.3) is 0 Å². The van der Waals surface area contributed by atoms with Crippen molar-refractivity contribution < 1.29 is 14.4 Å². The zero-order valence-corrected chi connectivity index (χ0v) is 17.7. The van der Waals surface area contributed by atoms with Crippen molar-refractivity contribution in [1.29, 1.82) is 0 Å². The second-order valence-electron chi connectivity index (χ2n) is 8.36. The lowest BCUT2D eigenvalue weighted by molar-refractivity contribution is -0.119. The van der Waals surface area contributed by atoms with E-state index in [9.17, 15) is 14.4 Å². The molecule has 6 nitrogen and oxygen atoms in total. The Balaban J connectivity index is 1.60. The molecule has 156 valence electrons. The molecule has 0 bridgehead atoms. The Morgan fingerprint density at radius 3 is 2.43 bits per heavy atom. The van der Waals surface area contributed by atoms with Gasteiger partial charge in [0.15, 0.2) is 0 Å². The summed E-state index contributed by atoms with van der Waals surface area (Å²) >= 11 is 0. The minimum Gasteiger partial charge on any atom is -0.315 e. The Kier molecular flexibility index (Phi) is 5.10. The van der Waals surface area contributed by atoms with Gasteiger partial charge in [-0.25, -0.2) is 0 Å². The number of rotatable bonds is 5. The van der Waals surface area contributed by atoms with Crippen molar-refractivity contribution in [1.82, 2.24) is 4.90 Å². The van der Waals surface area contributed by atoms with Gasteiger partial charge in [-0.05, 0) is 51.5 Å². The van der Waals surface area contributed by atoms with Crippen molar-refractivity contribution in [2.45, 2.75) is 51.7 Å². The van der Waals surface area contributed by atoms with Crippen LogP contribution in [0.4, 0.5) is 11.4 Å². The van der Waals surface area contributed by atoms with Crippen LogP contribution in [0.3, 0.4) is 0 Å². The molecule has 0 spiro atoms. The molecule has 1 saturated heterocycles. The lowest BCUT2D eigenvalue weighted by Gasteiger charge is -2.48. The van der Waals surface area contributed by atoms with E-state index in [0.29, 0.717) is 24.1 Å². The summed E-state index contributed by atoms with van der Waals surface area (Å²) in [5, 5.41) is 0. The highest BCUT2D eigenvalue weighted by atomic mass is 16.2. The molecule has 2 heterocycles. The summed E-state index contributed by atoms with van der Waals surface area (Å²) in [4.78, 5) is 44.3. The highest BCUT2D eigenvalue weighted by molar-refractivity contribution is 6.10. The normalized spacial score (nSPS) is 20.4. The summed E-state index contributed by atoms with van der Waals surface area (Å²) in [6.45, 7) is 6.15. The first-order valence-electron chi connectivity index (χ1n) is 10.5. The van der Waals surface area contributed by atoms with Crippen molar-refractivity contribution in [3.05, 3.63) is 60.2 Å². The molecule has 2 aromatic rings. The molecule has 4 rings (SSSR count). The van der Waals surface area contributed by atoms with Gasteiger partial charge in [-0.2, -0.15) is 0 Å². The molecule has 3 amide bonds. The SMILES string of the molecule is CC(C)N(C(=O)CCN1C(=O)c2ccccc2N2C(=O)CC[C@@]12C)c1ccccc1. The van der Waals surface area contributed by atoms with Crippen molar-refractivity contribution in [2.24, 2.45) is 0 Å². The molecule has 0 aromatic heterocycles. The van der Waals surface area contributed by atoms with Gasteiger partial charge in [0.05, 0.1) is 11.3 Å². The molecule has 2 aliphatic rings. The summed E-state index contributed by atoms with van der Waals surface area (Å²) in [5.74, 6) is -0.146. The van der Waals surface area contributed by atoms with Crippen molar-refractivity contribution in [3.63, 3.8) is 0 Å². The number of carbonyl (C=O) groups is 3. The molecule has 1 fully saturated rings. The van der Waals surface area contributed by atoms with E-state index in [1.54, 1.807) is 26.8 Å². The quantitative estimate of drug-likeness (QED) is 0.760. The lowest BCUT2D eigenvalue weighted by atomic mass is 9.98. The summed E-state index contributed by atoms with van der Waals surface area (Å²) in [5.41, 5.74) is 1.29. The number of fused-ring (bicyclic) bond motifs is 3. The molecule has 0 saturated carbocycles. The third-order valence-electron chi connectivity index (χ3n) is 6.11. The van der Waals surface area contributed by atoms with Gasteiger partial charge in [0, 0.05) is 31.1 Å². The zero-order valence-electron chi connectivity index (χ0n) is 17.7. The topological polar surface area (TPSA) is 60.9 Å². The summed E-state index contributed by atoms with van der Waals surface area (Å²) in [6.07, 6.45) is 1.15. The second-order valence-corrected chi connectivity index (χ2v) is 8.36. The Labute approximate surface area is 177 Å². The third kappa shape index (κ3) is 3.16. The molecule has 0 N–H and O–H groups in total. The molecule has 30 heavy (non-hydrogen) atoms. The second kappa shape index (κ2) is 7.59. The predicted molar refractivity (Wildman–Crippen MR) is 116 cm³/mol. The van der Waals surface area contributed by atoms with E-state index in [-0.39, 0.29) is 36.7 Å². The maximum Gasteiger partial charge on any atom is 0.257 e. The van der Waals surface area contributed by atoms with Gasteiger partial charge in [0.1, 0.15) is 5.66 Å². The van der Waals surface area contributed by atoms with Gasteiger partial charge in [0.2, 0.25) is 11.8 Å². The largest absolute Gasteiger partial charge is 0.315 e. The van der Waals surface area contributed by atoms with E-state index in [0.717, 1.165) is 5.69 Å². The van der Waals surface area contributed by atoms with E-state index in [2.05, 4.69) is 0 Å². The first-order valence-corrected chi connectivity index (χ1v) is 10.5. The van der Waals surface area contributed by atoms with Gasteiger partial charge in [-0.1, -0.05) is 30.3 Å². The standard InChI is InChI=1S/C24H27N3O3/c1-17(2)26(18-9-5-4-6-10-18)21(28)14-16-25-23(30)19-11-7-8-12-20(19)27-22(29)13-15-24(25,27)3/h4-12,17H,13-16H2,1-3H3/t24-/m0/s1. The fraction of sp³-hybridized carbons (Fsp3) is 0.375. The molecular formula is C24H27N3O3. The molecule has 0 radical (unpaired) electrons. The van der Waals surface area contributed by atoms with Gasteiger partial charge in [0.25, 0.3) is 5.91 Å². The van der Waals surface area contributed by atoms with Crippen LogP contribution in [0.15, 0.2) is 54.6 Å². The van der Waals surface area contributed by atoms with Crippen LogP contribution in [0.1, 0.15) is 50.4 Å². The van der Waals surface area contributed by atoms with Crippen LogP contribution in [-0.4, -0.2) is 40.9 Å². The van der Waals surface area contributed by atoms with Crippen molar-refractivity contribution in [2.75, 3.05) is 16.3 Å². The van der Waals surface area contributed by atoms with E-state index in [1.165, 1.54) is 0 Å². The lowest BCUT2D eigenvalue weighted by Crippen LogP contribution is -2.62. The first kappa shape index (κ1) is 20.1. The smallest absolute Gasteiger partial charge is 0.257 e. The van der Waals surface area contributed by atoms with Crippen LogP contribution >= 0.6 is 0 Å². The van der Waals surface area contributed by atoms with Gasteiger partial charge in [-0.3, -0.25) is 19.3 Å². The number of anilines is 2. The van der Waals surface area contributed by atoms with E-state index in [4.69, 9.17) is 0 Å². The summed E-state index contributed by atoms with van der Waals surface area (Å²) in [7, 11) is 0. The van der Waals surface area contributed by atoms with Gasteiger partial charge < -0.3 is 9.80 Å². The van der Waals surface area contributed by atoms with Crippen molar-refractivity contribution >= 4 is 29.1 Å². The molecule has 6 heteroatoms. The van der Waals surface area contributed by atoms with Crippen LogP contribution < -0.4 is 9.80 Å². The molecule has 2 aliphatic heterocycles. The van der Waals surface area contributed by atoms with E-state index < -0.39 is 5.66 Å². The number of para-hydroxylation sites is 2. The number of carbonyl (C=O) groups excluding carboxylic acids is 3. The minimum atomic E-state index is -0.738. The van der Waals surface area contributed by atoms with Crippen LogP contribution in [0.5, 0.6) is 0 Å². The Bertz CT molecular complexity index is 988. The minimum absolute atomic E-state index is 0.00201. The molecular weight excluding hydrogens is 378 g/mol. The maximum atomic E-state index is 13.3. The first-order chi connectivity index (χ1) is 14.3. The van der Waals surface area contributed by atoms with Crippen LogP contribution in [0, 0.1) is 0 Å². The van der Waals surface area contributed by atoms with E-state index in [1.807, 2.05) is 63.2 Å². The number of benzene rings is 2. The third-order valence-corrected chi connectivity index (χ3v) is 6.11. The van der Waals surface area contributed by atoms with E-state index >= 15 is 0 Å². The van der Waals surface area contributed by atoms with Crippen molar-refractivity contribution in [3.8, 4) is 0 Å². The Morgan fingerprint density at radius 1 is 1.07 bits per heavy atom. The van der Waals surface area contributed by atoms with Gasteiger partial charge >= 0.3 is 0 Å². The fourth-order valence-corrected chi connectivity index (χ4v) is 4.69.